The van der Waals surface area contributed by atoms with Crippen LogP contribution >= 0.6 is 0 Å². The fourth-order valence-corrected chi connectivity index (χ4v) is 3.18. The van der Waals surface area contributed by atoms with Gasteiger partial charge >= 0.3 is 6.03 Å². The number of nitrogens with zero attached hydrogens (tertiary/aromatic N) is 3. The van der Waals surface area contributed by atoms with E-state index in [4.69, 9.17) is 5.26 Å². The van der Waals surface area contributed by atoms with Crippen LogP contribution in [0.1, 0.15) is 36.2 Å². The average Bonchev–Trinajstić information content (AvgIpc) is 2.67. The predicted molar refractivity (Wildman–Crippen MR) is 97.5 cm³/mol. The van der Waals surface area contributed by atoms with E-state index in [9.17, 15) is 14.7 Å². The molecule has 26 heavy (non-hydrogen) atoms. The molecule has 0 saturated carbocycles. The Kier molecular flexibility index (Phi) is 6.98. The first-order chi connectivity index (χ1) is 12.5. The van der Waals surface area contributed by atoms with Crippen LogP contribution in [0.15, 0.2) is 24.3 Å². The summed E-state index contributed by atoms with van der Waals surface area (Å²) in [5, 5.41) is 22.4. The van der Waals surface area contributed by atoms with Gasteiger partial charge in [0.1, 0.15) is 0 Å². The Morgan fingerprint density at radius 2 is 2.04 bits per heavy atom. The van der Waals surface area contributed by atoms with Gasteiger partial charge < -0.3 is 20.2 Å². The van der Waals surface area contributed by atoms with Crippen LogP contribution in [-0.4, -0.2) is 65.7 Å². The van der Waals surface area contributed by atoms with E-state index in [0.29, 0.717) is 43.7 Å². The Morgan fingerprint density at radius 3 is 2.65 bits per heavy atom. The Morgan fingerprint density at radius 1 is 1.35 bits per heavy atom. The first-order valence-corrected chi connectivity index (χ1v) is 9.01. The van der Waals surface area contributed by atoms with Crippen molar-refractivity contribution in [1.29, 1.82) is 5.26 Å². The monoisotopic (exact) mass is 358 g/mol. The molecule has 2 rings (SSSR count). The lowest BCUT2D eigenvalue weighted by Crippen LogP contribution is -2.51. The minimum Gasteiger partial charge on any atom is -0.391 e. The molecule has 1 saturated heterocycles. The average molecular weight is 358 g/mol. The number of urea groups is 1. The third kappa shape index (κ3) is 4.52. The topological polar surface area (TPSA) is 96.7 Å². The van der Waals surface area contributed by atoms with E-state index in [2.05, 4.69) is 5.32 Å². The molecule has 1 aromatic rings. The number of carbonyl (C=O) groups is 2. The summed E-state index contributed by atoms with van der Waals surface area (Å²) in [5.74, 6) is -0.336. The van der Waals surface area contributed by atoms with Crippen LogP contribution in [0.3, 0.4) is 0 Å². The van der Waals surface area contributed by atoms with Gasteiger partial charge in [-0.05, 0) is 32.4 Å². The Labute approximate surface area is 154 Å². The number of β-amino-alcohol motifs (C(OH)–C–C–N with tert-alkyl or cyclic N) is 1. The molecule has 140 valence electrons. The van der Waals surface area contributed by atoms with E-state index in [0.717, 1.165) is 0 Å². The van der Waals surface area contributed by atoms with E-state index >= 15 is 0 Å². The van der Waals surface area contributed by atoms with Crippen LogP contribution in [0.25, 0.3) is 0 Å². The van der Waals surface area contributed by atoms with Crippen molar-refractivity contribution < 1.29 is 14.7 Å². The van der Waals surface area contributed by atoms with Crippen molar-refractivity contribution in [2.24, 2.45) is 5.92 Å². The van der Waals surface area contributed by atoms with E-state index in [1.165, 1.54) is 0 Å². The lowest BCUT2D eigenvalue weighted by Gasteiger charge is -2.36. The predicted octanol–water partition coefficient (Wildman–Crippen LogP) is 1.43. The molecule has 1 heterocycles. The highest BCUT2D eigenvalue weighted by atomic mass is 16.3. The molecule has 0 aromatic heterocycles. The van der Waals surface area contributed by atoms with Gasteiger partial charge in [-0.2, -0.15) is 5.26 Å². The third-order valence-corrected chi connectivity index (χ3v) is 4.85. The zero-order chi connectivity index (χ0) is 19.1. The van der Waals surface area contributed by atoms with Crippen molar-refractivity contribution in [2.45, 2.75) is 26.4 Å². The van der Waals surface area contributed by atoms with Crippen LogP contribution in [0.5, 0.6) is 0 Å². The first kappa shape index (κ1) is 19.7. The van der Waals surface area contributed by atoms with Gasteiger partial charge in [-0.3, -0.25) is 4.79 Å². The highest BCUT2D eigenvalue weighted by molar-refractivity contribution is 5.96. The Balaban J connectivity index is 1.93. The van der Waals surface area contributed by atoms with Crippen LogP contribution in [0, 0.1) is 17.2 Å². The molecular weight excluding hydrogens is 332 g/mol. The van der Waals surface area contributed by atoms with E-state index in [1.807, 2.05) is 19.9 Å². The summed E-state index contributed by atoms with van der Waals surface area (Å²) in [5.41, 5.74) is 0.691. The van der Waals surface area contributed by atoms with Crippen molar-refractivity contribution in [3.63, 3.8) is 0 Å². The molecule has 2 N–H and O–H groups in total. The minimum atomic E-state index is -0.709. The number of benzene rings is 1. The van der Waals surface area contributed by atoms with Crippen LogP contribution < -0.4 is 5.32 Å². The molecule has 2 atom stereocenters. The molecule has 3 amide bonds. The molecule has 1 aromatic carbocycles. The van der Waals surface area contributed by atoms with Gasteiger partial charge in [0, 0.05) is 38.6 Å². The summed E-state index contributed by atoms with van der Waals surface area (Å²) in [6.45, 7) is 6.17. The quantitative estimate of drug-likeness (QED) is 0.832. The van der Waals surface area contributed by atoms with Gasteiger partial charge in [-0.15, -0.1) is 0 Å². The van der Waals surface area contributed by atoms with Gasteiger partial charge in [-0.25, -0.2) is 4.79 Å². The number of likely N-dealkylation sites (tertiary alicyclic amines) is 1. The minimum absolute atomic E-state index is 0.0928. The number of nitriles is 1. The smallest absolute Gasteiger partial charge is 0.317 e. The molecule has 1 aliphatic rings. The molecule has 0 radical (unpaired) electrons. The highest BCUT2D eigenvalue weighted by Crippen LogP contribution is 2.20. The van der Waals surface area contributed by atoms with Crippen molar-refractivity contribution in [3.05, 3.63) is 35.4 Å². The maximum absolute atomic E-state index is 12.7. The molecule has 1 aliphatic heterocycles. The second-order valence-electron chi connectivity index (χ2n) is 6.38. The number of aliphatic hydroxyl groups excluding tert-OH is 1. The number of rotatable bonds is 5. The van der Waals surface area contributed by atoms with E-state index in [1.54, 1.807) is 34.1 Å². The number of amides is 3. The van der Waals surface area contributed by atoms with Crippen LogP contribution in [0.2, 0.25) is 0 Å². The van der Waals surface area contributed by atoms with Gasteiger partial charge in [0.05, 0.1) is 23.3 Å². The lowest BCUT2D eigenvalue weighted by molar-refractivity contribution is 0.0202. The van der Waals surface area contributed by atoms with Gasteiger partial charge in [-0.1, -0.05) is 12.1 Å². The van der Waals surface area contributed by atoms with Gasteiger partial charge in [0.15, 0.2) is 0 Å². The highest BCUT2D eigenvalue weighted by Gasteiger charge is 2.31. The summed E-state index contributed by atoms with van der Waals surface area (Å²) in [6, 6.07) is 8.57. The molecular formula is C19H26N4O3. The number of nitrogens with one attached hydrogen (secondary N) is 1. The number of hydrogen-bond donors (Lipinski definition) is 2. The normalized spacial score (nSPS) is 19.5. The Bertz CT molecular complexity index is 682. The fourth-order valence-electron chi connectivity index (χ4n) is 3.18. The lowest BCUT2D eigenvalue weighted by atomic mass is 9.93. The van der Waals surface area contributed by atoms with Crippen molar-refractivity contribution in [1.82, 2.24) is 15.1 Å². The molecule has 7 heteroatoms. The zero-order valence-electron chi connectivity index (χ0n) is 15.3. The van der Waals surface area contributed by atoms with Crippen molar-refractivity contribution in [2.75, 3.05) is 32.7 Å². The fraction of sp³-hybridized carbons (Fsp3) is 0.526. The summed E-state index contributed by atoms with van der Waals surface area (Å²) in [4.78, 5) is 27.9. The largest absolute Gasteiger partial charge is 0.391 e. The van der Waals surface area contributed by atoms with Gasteiger partial charge in [0.25, 0.3) is 5.91 Å². The Hall–Kier alpha value is -2.59. The van der Waals surface area contributed by atoms with Gasteiger partial charge in [0.2, 0.25) is 0 Å². The zero-order valence-corrected chi connectivity index (χ0v) is 15.3. The second-order valence-corrected chi connectivity index (χ2v) is 6.38. The van der Waals surface area contributed by atoms with Crippen LogP contribution in [-0.2, 0) is 0 Å². The molecule has 1 fully saturated rings. The number of piperidine rings is 1. The SMILES string of the molecule is CCN(CC)C(=O)NC[C@@H]1CCN(C(=O)c2ccccc2C#N)C[C@H]1O. The summed E-state index contributed by atoms with van der Waals surface area (Å²) < 4.78 is 0. The van der Waals surface area contributed by atoms with Crippen LogP contribution in [0.4, 0.5) is 4.79 Å². The number of aliphatic hydroxyl groups is 1. The molecule has 0 aliphatic carbocycles. The number of carbonyl (C=O) groups excluding carboxylic acids is 2. The standard InChI is InChI=1S/C19H26N4O3/c1-3-22(4-2)19(26)21-12-15-9-10-23(13-17(15)24)18(25)16-8-6-5-7-14(16)11-20/h5-8,15,17,24H,3-4,9-10,12-13H2,1-2H3,(H,21,26)/t15-,17+/m0/s1. The maximum Gasteiger partial charge on any atom is 0.317 e. The first-order valence-electron chi connectivity index (χ1n) is 9.01. The molecule has 0 unspecified atom stereocenters. The van der Waals surface area contributed by atoms with Crippen molar-refractivity contribution in [3.8, 4) is 6.07 Å². The summed E-state index contributed by atoms with van der Waals surface area (Å²) in [7, 11) is 0. The molecule has 0 bridgehead atoms. The van der Waals surface area contributed by atoms with Crippen molar-refractivity contribution >= 4 is 11.9 Å². The third-order valence-electron chi connectivity index (χ3n) is 4.85. The molecule has 0 spiro atoms. The van der Waals surface area contributed by atoms with E-state index < -0.39 is 6.10 Å². The molecule has 7 nitrogen and oxygen atoms in total. The summed E-state index contributed by atoms with van der Waals surface area (Å²) in [6.07, 6.45) is -0.112. The summed E-state index contributed by atoms with van der Waals surface area (Å²) >= 11 is 0. The maximum atomic E-state index is 12.7. The van der Waals surface area contributed by atoms with E-state index in [-0.39, 0.29) is 24.4 Å². The number of hydrogen-bond acceptors (Lipinski definition) is 4. The second kappa shape index (κ2) is 9.20.